The molecule has 0 spiro atoms. The highest BCUT2D eigenvalue weighted by Gasteiger charge is 2.13. The maximum Gasteiger partial charge on any atom is 0.181 e. The van der Waals surface area contributed by atoms with E-state index in [1.165, 1.54) is 12.1 Å². The Hall–Kier alpha value is -2.06. The molecule has 0 bridgehead atoms. The third-order valence-corrected chi connectivity index (χ3v) is 3.50. The van der Waals surface area contributed by atoms with Gasteiger partial charge in [0.25, 0.3) is 0 Å². The van der Waals surface area contributed by atoms with Crippen molar-refractivity contribution in [2.24, 2.45) is 0 Å². The number of hydrogen-bond donors (Lipinski definition) is 0. The molecule has 5 heteroatoms. The topological polar surface area (TPSA) is 36.3 Å². The van der Waals surface area contributed by atoms with Crippen LogP contribution in [0.15, 0.2) is 40.9 Å². The van der Waals surface area contributed by atoms with Crippen LogP contribution in [0.1, 0.15) is 5.56 Å². The Labute approximate surface area is 125 Å². The standard InChI is InChI=1S/C15H12BrFN2O/c1-19(2)11-4-3-5-12(8-11)20-13-7-6-10(9-18)14(16)15(13)17/h3-8H,1-2H3. The van der Waals surface area contributed by atoms with Crippen molar-refractivity contribution in [1.82, 2.24) is 0 Å². The summed E-state index contributed by atoms with van der Waals surface area (Å²) >= 11 is 3.06. The van der Waals surface area contributed by atoms with Gasteiger partial charge >= 0.3 is 0 Å². The lowest BCUT2D eigenvalue weighted by Gasteiger charge is -2.14. The van der Waals surface area contributed by atoms with Gasteiger partial charge in [0.15, 0.2) is 11.6 Å². The molecule has 3 nitrogen and oxygen atoms in total. The molecule has 0 atom stereocenters. The number of rotatable bonds is 3. The van der Waals surface area contributed by atoms with E-state index in [2.05, 4.69) is 15.9 Å². The quantitative estimate of drug-likeness (QED) is 0.838. The Morgan fingerprint density at radius 2 is 2.00 bits per heavy atom. The summed E-state index contributed by atoms with van der Waals surface area (Å²) in [5.74, 6) is 0.0257. The Kier molecular flexibility index (Phi) is 4.26. The van der Waals surface area contributed by atoms with Gasteiger partial charge in [-0.2, -0.15) is 5.26 Å². The van der Waals surface area contributed by atoms with Crippen LogP contribution in [0, 0.1) is 17.1 Å². The van der Waals surface area contributed by atoms with Crippen molar-refractivity contribution in [1.29, 1.82) is 5.26 Å². The lowest BCUT2D eigenvalue weighted by Crippen LogP contribution is -2.08. The Balaban J connectivity index is 2.34. The molecule has 0 aliphatic rings. The summed E-state index contributed by atoms with van der Waals surface area (Å²) in [6, 6.07) is 12.2. The van der Waals surface area contributed by atoms with E-state index in [-0.39, 0.29) is 15.8 Å². The van der Waals surface area contributed by atoms with E-state index >= 15 is 0 Å². The lowest BCUT2D eigenvalue weighted by molar-refractivity contribution is 0.440. The van der Waals surface area contributed by atoms with Crippen LogP contribution in [0.5, 0.6) is 11.5 Å². The van der Waals surface area contributed by atoms with Crippen molar-refractivity contribution >= 4 is 21.6 Å². The molecule has 20 heavy (non-hydrogen) atoms. The molecule has 0 aliphatic carbocycles. The number of nitriles is 1. The predicted octanol–water partition coefficient (Wildman–Crippen LogP) is 4.32. The van der Waals surface area contributed by atoms with Gasteiger partial charge in [-0.3, -0.25) is 0 Å². The van der Waals surface area contributed by atoms with Crippen LogP contribution in [0.4, 0.5) is 10.1 Å². The first kappa shape index (κ1) is 14.4. The summed E-state index contributed by atoms with van der Waals surface area (Å²) < 4.78 is 19.7. The third-order valence-electron chi connectivity index (χ3n) is 2.73. The molecular formula is C15H12BrFN2O. The molecule has 0 saturated heterocycles. The lowest BCUT2D eigenvalue weighted by atomic mass is 10.2. The van der Waals surface area contributed by atoms with Crippen LogP contribution in [0.25, 0.3) is 0 Å². The van der Waals surface area contributed by atoms with E-state index in [9.17, 15) is 4.39 Å². The Bertz CT molecular complexity index is 680. The van der Waals surface area contributed by atoms with Gasteiger partial charge in [0.1, 0.15) is 11.8 Å². The first-order valence-corrected chi connectivity index (χ1v) is 6.65. The SMILES string of the molecule is CN(C)c1cccc(Oc2ccc(C#N)c(Br)c2F)c1. The number of benzene rings is 2. The molecule has 2 aromatic rings. The van der Waals surface area contributed by atoms with Crippen molar-refractivity contribution < 1.29 is 9.13 Å². The second kappa shape index (κ2) is 5.93. The first-order valence-electron chi connectivity index (χ1n) is 5.86. The number of hydrogen-bond acceptors (Lipinski definition) is 3. The molecule has 102 valence electrons. The van der Waals surface area contributed by atoms with E-state index in [0.717, 1.165) is 5.69 Å². The van der Waals surface area contributed by atoms with Gasteiger partial charge < -0.3 is 9.64 Å². The monoisotopic (exact) mass is 334 g/mol. The second-order valence-corrected chi connectivity index (χ2v) is 5.14. The average molecular weight is 335 g/mol. The number of anilines is 1. The molecule has 0 unspecified atom stereocenters. The van der Waals surface area contributed by atoms with Gasteiger partial charge in [0.2, 0.25) is 0 Å². The predicted molar refractivity (Wildman–Crippen MR) is 79.7 cm³/mol. The van der Waals surface area contributed by atoms with E-state index in [1.54, 1.807) is 6.07 Å². The zero-order valence-electron chi connectivity index (χ0n) is 11.0. The van der Waals surface area contributed by atoms with Crippen LogP contribution in [-0.2, 0) is 0 Å². The van der Waals surface area contributed by atoms with Gasteiger partial charge in [0.05, 0.1) is 10.0 Å². The summed E-state index contributed by atoms with van der Waals surface area (Å²) in [5, 5.41) is 8.83. The van der Waals surface area contributed by atoms with Crippen molar-refractivity contribution in [3.8, 4) is 17.6 Å². The van der Waals surface area contributed by atoms with Crippen LogP contribution in [0.2, 0.25) is 0 Å². The molecule has 0 amide bonds. The molecule has 2 aromatic carbocycles. The van der Waals surface area contributed by atoms with Crippen LogP contribution in [-0.4, -0.2) is 14.1 Å². The van der Waals surface area contributed by atoms with E-state index < -0.39 is 5.82 Å². The molecule has 0 N–H and O–H groups in total. The van der Waals surface area contributed by atoms with E-state index in [1.807, 2.05) is 43.3 Å². The fraction of sp³-hybridized carbons (Fsp3) is 0.133. The van der Waals surface area contributed by atoms with Crippen LogP contribution >= 0.6 is 15.9 Å². The maximum atomic E-state index is 14.1. The molecule has 2 rings (SSSR count). The van der Waals surface area contributed by atoms with Crippen molar-refractivity contribution in [2.45, 2.75) is 0 Å². The normalized spacial score (nSPS) is 9.95. The third kappa shape index (κ3) is 2.91. The minimum absolute atomic E-state index is 0.0757. The molecular weight excluding hydrogens is 323 g/mol. The second-order valence-electron chi connectivity index (χ2n) is 4.34. The fourth-order valence-corrected chi connectivity index (χ4v) is 2.07. The molecule has 0 saturated carbocycles. The minimum Gasteiger partial charge on any atom is -0.454 e. The summed E-state index contributed by atoms with van der Waals surface area (Å²) in [7, 11) is 3.83. The van der Waals surface area contributed by atoms with Crippen LogP contribution < -0.4 is 9.64 Å². The van der Waals surface area contributed by atoms with Gasteiger partial charge in [-0.15, -0.1) is 0 Å². The highest BCUT2D eigenvalue weighted by Crippen LogP contribution is 2.32. The maximum absolute atomic E-state index is 14.1. The highest BCUT2D eigenvalue weighted by molar-refractivity contribution is 9.10. The number of ether oxygens (including phenoxy) is 1. The summed E-state index contributed by atoms with van der Waals surface area (Å²) in [6.07, 6.45) is 0. The molecule has 0 aliphatic heterocycles. The highest BCUT2D eigenvalue weighted by atomic mass is 79.9. The van der Waals surface area contributed by atoms with E-state index in [4.69, 9.17) is 10.00 Å². The molecule has 0 fully saturated rings. The largest absolute Gasteiger partial charge is 0.454 e. The fourth-order valence-electron chi connectivity index (χ4n) is 1.65. The zero-order valence-corrected chi connectivity index (χ0v) is 12.6. The van der Waals surface area contributed by atoms with Gasteiger partial charge in [-0.1, -0.05) is 6.07 Å². The van der Waals surface area contributed by atoms with E-state index in [0.29, 0.717) is 5.75 Å². The zero-order chi connectivity index (χ0) is 14.7. The summed E-state index contributed by atoms with van der Waals surface area (Å²) in [4.78, 5) is 1.93. The summed E-state index contributed by atoms with van der Waals surface area (Å²) in [5.41, 5.74) is 1.19. The van der Waals surface area contributed by atoms with Gasteiger partial charge in [0, 0.05) is 25.8 Å². The number of nitrogens with zero attached hydrogens (tertiary/aromatic N) is 2. The molecule has 0 radical (unpaired) electrons. The van der Waals surface area contributed by atoms with Crippen molar-refractivity contribution in [3.63, 3.8) is 0 Å². The van der Waals surface area contributed by atoms with Crippen molar-refractivity contribution in [3.05, 3.63) is 52.3 Å². The van der Waals surface area contributed by atoms with Crippen molar-refractivity contribution in [2.75, 3.05) is 19.0 Å². The van der Waals surface area contributed by atoms with Gasteiger partial charge in [-0.05, 0) is 40.2 Å². The average Bonchev–Trinajstić information content (AvgIpc) is 2.44. The first-order chi connectivity index (χ1) is 9.52. The summed E-state index contributed by atoms with van der Waals surface area (Å²) in [6.45, 7) is 0. The smallest absolute Gasteiger partial charge is 0.181 e. The van der Waals surface area contributed by atoms with Gasteiger partial charge in [-0.25, -0.2) is 4.39 Å². The Morgan fingerprint density at radius 1 is 1.25 bits per heavy atom. The minimum atomic E-state index is -0.584. The molecule has 0 aromatic heterocycles. The van der Waals surface area contributed by atoms with Crippen LogP contribution in [0.3, 0.4) is 0 Å². The Morgan fingerprint density at radius 3 is 2.65 bits per heavy atom. The molecule has 0 heterocycles. The number of halogens is 2.